The number of nitrogens with two attached hydrogens (primary N) is 1. The summed E-state index contributed by atoms with van der Waals surface area (Å²) in [5, 5.41) is 0.491. The van der Waals surface area contributed by atoms with E-state index in [1.54, 1.807) is 18.2 Å². The van der Waals surface area contributed by atoms with E-state index >= 15 is 0 Å². The van der Waals surface area contributed by atoms with Gasteiger partial charge in [0, 0.05) is 18.3 Å². The zero-order valence-corrected chi connectivity index (χ0v) is 9.81. The van der Waals surface area contributed by atoms with Crippen molar-refractivity contribution in [3.05, 3.63) is 35.6 Å². The summed E-state index contributed by atoms with van der Waals surface area (Å²) < 4.78 is 10.5. The molecule has 0 unspecified atom stereocenters. The average Bonchev–Trinajstić information content (AvgIpc) is 2.32. The van der Waals surface area contributed by atoms with Crippen molar-refractivity contribution in [3.63, 3.8) is 0 Å². The third-order valence-electron chi connectivity index (χ3n) is 1.96. The van der Waals surface area contributed by atoms with Crippen molar-refractivity contribution in [1.29, 1.82) is 0 Å². The van der Waals surface area contributed by atoms with E-state index < -0.39 is 0 Å². The molecule has 17 heavy (non-hydrogen) atoms. The molecule has 0 aliphatic carbocycles. The second kappa shape index (κ2) is 4.88. The van der Waals surface area contributed by atoms with Gasteiger partial charge in [-0.2, -0.15) is 4.98 Å². The predicted octanol–water partition coefficient (Wildman–Crippen LogP) is 2.51. The third kappa shape index (κ3) is 2.76. The molecule has 2 aromatic rings. The highest BCUT2D eigenvalue weighted by Crippen LogP contribution is 2.26. The molecule has 0 aromatic carbocycles. The number of hydrogen-bond donors (Lipinski definition) is 1. The van der Waals surface area contributed by atoms with Crippen LogP contribution in [-0.4, -0.2) is 17.1 Å². The Morgan fingerprint density at radius 2 is 2.12 bits per heavy atom. The Bertz CT molecular complexity index is 534. The van der Waals surface area contributed by atoms with Crippen LogP contribution in [0.1, 0.15) is 0 Å². The van der Waals surface area contributed by atoms with Crippen LogP contribution in [0.3, 0.4) is 0 Å². The van der Waals surface area contributed by atoms with E-state index in [9.17, 15) is 0 Å². The van der Waals surface area contributed by atoms with Gasteiger partial charge in [-0.15, -0.1) is 0 Å². The smallest absolute Gasteiger partial charge is 0.240 e. The van der Waals surface area contributed by atoms with Gasteiger partial charge in [-0.05, 0) is 6.07 Å². The van der Waals surface area contributed by atoms with Gasteiger partial charge in [-0.3, -0.25) is 4.98 Å². The molecule has 0 radical (unpaired) electrons. The molecule has 0 aliphatic rings. The lowest BCUT2D eigenvalue weighted by Gasteiger charge is -2.07. The number of nitrogen functional groups attached to an aromatic ring is 1. The van der Waals surface area contributed by atoms with Crippen molar-refractivity contribution < 1.29 is 9.47 Å². The van der Waals surface area contributed by atoms with Gasteiger partial charge in [0.1, 0.15) is 5.75 Å². The number of aromatic nitrogens is 2. The minimum atomic E-state index is 0.317. The van der Waals surface area contributed by atoms with Gasteiger partial charge in [0.2, 0.25) is 11.8 Å². The van der Waals surface area contributed by atoms with Crippen LogP contribution in [0.4, 0.5) is 5.69 Å². The maximum absolute atomic E-state index is 5.79. The highest BCUT2D eigenvalue weighted by Gasteiger charge is 2.05. The van der Waals surface area contributed by atoms with Crippen LogP contribution in [0.25, 0.3) is 0 Å². The van der Waals surface area contributed by atoms with Crippen molar-refractivity contribution in [2.75, 3.05) is 12.8 Å². The van der Waals surface area contributed by atoms with Crippen LogP contribution >= 0.6 is 11.6 Å². The van der Waals surface area contributed by atoms with Gasteiger partial charge in [0.15, 0.2) is 0 Å². The van der Waals surface area contributed by atoms with Crippen LogP contribution < -0.4 is 15.2 Å². The number of methoxy groups -OCH3 is 1. The number of rotatable bonds is 3. The molecule has 0 saturated carbocycles. The van der Waals surface area contributed by atoms with E-state index in [-0.39, 0.29) is 0 Å². The largest absolute Gasteiger partial charge is 0.479 e. The van der Waals surface area contributed by atoms with Crippen LogP contribution in [-0.2, 0) is 0 Å². The molecule has 2 aromatic heterocycles. The number of pyridine rings is 2. The fourth-order valence-electron chi connectivity index (χ4n) is 1.22. The Morgan fingerprint density at radius 1 is 1.29 bits per heavy atom. The minimum Gasteiger partial charge on any atom is -0.479 e. The Balaban J connectivity index is 2.24. The number of ether oxygens (including phenoxy) is 2. The predicted molar refractivity (Wildman–Crippen MR) is 64.5 cm³/mol. The standard InChI is InChI=1S/C11H10ClN3O2/c1-16-11-9(13)2-3-10(15-11)17-8-4-7(12)5-14-6-8/h2-6H,13H2,1H3. The maximum Gasteiger partial charge on any atom is 0.240 e. The Kier molecular flexibility index (Phi) is 3.30. The van der Waals surface area contributed by atoms with Crippen LogP contribution in [0.15, 0.2) is 30.6 Å². The first-order valence-electron chi connectivity index (χ1n) is 4.78. The summed E-state index contributed by atoms with van der Waals surface area (Å²) in [4.78, 5) is 7.98. The SMILES string of the molecule is COc1nc(Oc2cncc(Cl)c2)ccc1N. The molecule has 88 valence electrons. The fraction of sp³-hybridized carbons (Fsp3) is 0.0909. The topological polar surface area (TPSA) is 70.3 Å². The molecular weight excluding hydrogens is 242 g/mol. The lowest BCUT2D eigenvalue weighted by molar-refractivity contribution is 0.385. The lowest BCUT2D eigenvalue weighted by Crippen LogP contribution is -1.97. The Labute approximate surface area is 103 Å². The normalized spacial score (nSPS) is 10.0. The molecule has 0 fully saturated rings. The van der Waals surface area contributed by atoms with E-state index in [2.05, 4.69) is 9.97 Å². The molecule has 0 saturated heterocycles. The molecule has 0 atom stereocenters. The highest BCUT2D eigenvalue weighted by molar-refractivity contribution is 6.30. The first-order chi connectivity index (χ1) is 8.19. The molecule has 0 aliphatic heterocycles. The van der Waals surface area contributed by atoms with Gasteiger partial charge in [-0.1, -0.05) is 11.6 Å². The second-order valence-corrected chi connectivity index (χ2v) is 3.63. The quantitative estimate of drug-likeness (QED) is 0.908. The number of hydrogen-bond acceptors (Lipinski definition) is 5. The Hall–Kier alpha value is -2.01. The summed E-state index contributed by atoms with van der Waals surface area (Å²) in [6.07, 6.45) is 3.06. The van der Waals surface area contributed by atoms with Crippen molar-refractivity contribution in [2.24, 2.45) is 0 Å². The van der Waals surface area contributed by atoms with E-state index in [0.717, 1.165) is 0 Å². The van der Waals surface area contributed by atoms with Gasteiger partial charge in [-0.25, -0.2) is 0 Å². The monoisotopic (exact) mass is 251 g/mol. The summed E-state index contributed by atoms with van der Waals surface area (Å²) in [5.74, 6) is 1.18. The summed E-state index contributed by atoms with van der Waals surface area (Å²) in [6.45, 7) is 0. The summed E-state index contributed by atoms with van der Waals surface area (Å²) >= 11 is 5.79. The van der Waals surface area contributed by atoms with Crippen molar-refractivity contribution in [3.8, 4) is 17.5 Å². The Morgan fingerprint density at radius 3 is 2.82 bits per heavy atom. The first-order valence-corrected chi connectivity index (χ1v) is 5.16. The number of nitrogens with zero attached hydrogens (tertiary/aromatic N) is 2. The van der Waals surface area contributed by atoms with E-state index in [0.29, 0.717) is 28.2 Å². The second-order valence-electron chi connectivity index (χ2n) is 3.19. The molecule has 2 heterocycles. The number of anilines is 1. The molecule has 5 nitrogen and oxygen atoms in total. The van der Waals surface area contributed by atoms with Crippen LogP contribution in [0, 0.1) is 0 Å². The molecule has 0 amide bonds. The lowest BCUT2D eigenvalue weighted by atomic mass is 10.4. The third-order valence-corrected chi connectivity index (χ3v) is 2.17. The zero-order valence-electron chi connectivity index (χ0n) is 9.05. The van der Waals surface area contributed by atoms with Gasteiger partial charge in [0.25, 0.3) is 0 Å². The fourth-order valence-corrected chi connectivity index (χ4v) is 1.39. The summed E-state index contributed by atoms with van der Waals surface area (Å²) in [5.41, 5.74) is 6.09. The molecular formula is C11H10ClN3O2. The van der Waals surface area contributed by atoms with Crippen LogP contribution in [0.2, 0.25) is 5.02 Å². The molecule has 0 spiro atoms. The van der Waals surface area contributed by atoms with Gasteiger partial charge in [0.05, 0.1) is 24.0 Å². The van der Waals surface area contributed by atoms with E-state index in [1.807, 2.05) is 0 Å². The minimum absolute atomic E-state index is 0.317. The van der Waals surface area contributed by atoms with E-state index in [4.69, 9.17) is 26.8 Å². The number of halogens is 1. The highest BCUT2D eigenvalue weighted by atomic mass is 35.5. The summed E-state index contributed by atoms with van der Waals surface area (Å²) in [7, 11) is 1.49. The zero-order chi connectivity index (χ0) is 12.3. The molecule has 2 rings (SSSR count). The van der Waals surface area contributed by atoms with Gasteiger partial charge >= 0.3 is 0 Å². The molecule has 2 N–H and O–H groups in total. The maximum atomic E-state index is 5.79. The van der Waals surface area contributed by atoms with Crippen molar-refractivity contribution in [1.82, 2.24) is 9.97 Å². The van der Waals surface area contributed by atoms with Crippen LogP contribution in [0.5, 0.6) is 17.5 Å². The molecule has 0 bridgehead atoms. The van der Waals surface area contributed by atoms with Crippen molar-refractivity contribution >= 4 is 17.3 Å². The first kappa shape index (κ1) is 11.5. The molecule has 6 heteroatoms. The summed E-state index contributed by atoms with van der Waals surface area (Å²) in [6, 6.07) is 4.93. The van der Waals surface area contributed by atoms with Crippen molar-refractivity contribution in [2.45, 2.75) is 0 Å². The van der Waals surface area contributed by atoms with Gasteiger partial charge < -0.3 is 15.2 Å². The van der Waals surface area contributed by atoms with E-state index in [1.165, 1.54) is 19.5 Å². The average molecular weight is 252 g/mol.